The molecule has 28 heavy (non-hydrogen) atoms. The second-order valence-electron chi connectivity index (χ2n) is 5.87. The summed E-state index contributed by atoms with van der Waals surface area (Å²) >= 11 is 12.5. The average Bonchev–Trinajstić information content (AvgIpc) is 3.12. The maximum absolute atomic E-state index is 12.4. The lowest BCUT2D eigenvalue weighted by atomic mass is 10.2. The van der Waals surface area contributed by atoms with Gasteiger partial charge in [-0.15, -0.1) is 0 Å². The molecule has 3 N–H and O–H groups in total. The minimum absolute atomic E-state index is 0.0837. The van der Waals surface area contributed by atoms with Crippen molar-refractivity contribution in [2.45, 2.75) is 19.8 Å². The molecule has 3 rings (SSSR count). The molecule has 144 valence electrons. The number of amides is 2. The number of carbonyl (C=O) groups excluding carboxylic acids is 2. The first-order valence-electron chi connectivity index (χ1n) is 8.40. The number of anilines is 2. The van der Waals surface area contributed by atoms with Crippen LogP contribution in [-0.2, 0) is 4.79 Å². The van der Waals surface area contributed by atoms with Crippen molar-refractivity contribution in [1.82, 2.24) is 14.1 Å². The Kier molecular flexibility index (Phi) is 6.50. The first-order valence-corrected chi connectivity index (χ1v) is 9.92. The number of nitrogens with one attached hydrogen (secondary N) is 3. The number of carbonyl (C=O) groups is 2. The largest absolute Gasteiger partial charge is 0.331 e. The summed E-state index contributed by atoms with van der Waals surface area (Å²) in [7, 11) is 0. The monoisotopic (exact) mass is 433 g/mol. The molecular weight excluding hydrogens is 418 g/mol. The number of halogens is 1. The maximum atomic E-state index is 12.4. The van der Waals surface area contributed by atoms with E-state index in [0.29, 0.717) is 33.9 Å². The van der Waals surface area contributed by atoms with E-state index in [1.165, 1.54) is 0 Å². The molecule has 7 nitrogen and oxygen atoms in total. The number of aromatic nitrogens is 2. The van der Waals surface area contributed by atoms with Gasteiger partial charge >= 0.3 is 0 Å². The number of rotatable bonds is 5. The van der Waals surface area contributed by atoms with Crippen LogP contribution >= 0.6 is 35.5 Å². The van der Waals surface area contributed by atoms with Crippen molar-refractivity contribution in [1.29, 1.82) is 0 Å². The molecular formula is C18H16ClN5O2S2. The summed E-state index contributed by atoms with van der Waals surface area (Å²) in [6, 6.07) is 10.0. The fourth-order valence-electron chi connectivity index (χ4n) is 2.40. The molecule has 0 bridgehead atoms. The molecule has 2 amide bonds. The summed E-state index contributed by atoms with van der Waals surface area (Å²) in [5.41, 5.74) is 2.85. The lowest BCUT2D eigenvalue weighted by Gasteiger charge is -2.13. The molecule has 0 atom stereocenters. The van der Waals surface area contributed by atoms with Crippen LogP contribution in [0, 0.1) is 0 Å². The fraction of sp³-hybridized carbons (Fsp3) is 0.167. The van der Waals surface area contributed by atoms with Gasteiger partial charge in [-0.2, -0.15) is 8.75 Å². The quantitative estimate of drug-likeness (QED) is 0.521. The smallest absolute Gasteiger partial charge is 0.257 e. The molecule has 0 saturated carbocycles. The van der Waals surface area contributed by atoms with Crippen LogP contribution in [0.4, 0.5) is 11.4 Å². The van der Waals surface area contributed by atoms with Crippen molar-refractivity contribution < 1.29 is 9.59 Å². The van der Waals surface area contributed by atoms with E-state index in [1.807, 2.05) is 6.92 Å². The molecule has 0 aliphatic carbocycles. The van der Waals surface area contributed by atoms with E-state index in [2.05, 4.69) is 24.7 Å². The normalized spacial score (nSPS) is 10.5. The highest BCUT2D eigenvalue weighted by Crippen LogP contribution is 2.25. The van der Waals surface area contributed by atoms with Gasteiger partial charge in [0.15, 0.2) is 5.11 Å². The van der Waals surface area contributed by atoms with E-state index >= 15 is 0 Å². The molecule has 0 fully saturated rings. The second kappa shape index (κ2) is 9.05. The Morgan fingerprint density at radius 2 is 1.89 bits per heavy atom. The van der Waals surface area contributed by atoms with E-state index in [4.69, 9.17) is 23.8 Å². The van der Waals surface area contributed by atoms with E-state index in [0.717, 1.165) is 23.7 Å². The van der Waals surface area contributed by atoms with Crippen LogP contribution in [0.2, 0.25) is 5.02 Å². The van der Waals surface area contributed by atoms with Crippen LogP contribution in [0.15, 0.2) is 36.4 Å². The molecule has 10 heteroatoms. The molecule has 0 spiro atoms. The summed E-state index contributed by atoms with van der Waals surface area (Å²) in [6.07, 6.45) is 1.18. The predicted molar refractivity (Wildman–Crippen MR) is 116 cm³/mol. The summed E-state index contributed by atoms with van der Waals surface area (Å²) in [5.74, 6) is -0.463. The van der Waals surface area contributed by atoms with Gasteiger partial charge in [-0.3, -0.25) is 14.9 Å². The Balaban J connectivity index is 1.66. The lowest BCUT2D eigenvalue weighted by Crippen LogP contribution is -2.34. The highest BCUT2D eigenvalue weighted by atomic mass is 35.5. The molecule has 0 saturated heterocycles. The zero-order chi connectivity index (χ0) is 20.1. The van der Waals surface area contributed by atoms with Crippen LogP contribution in [0.25, 0.3) is 11.0 Å². The van der Waals surface area contributed by atoms with Crippen LogP contribution in [0.3, 0.4) is 0 Å². The Labute approximate surface area is 175 Å². The third-order valence-corrected chi connectivity index (χ3v) is 4.81. The Bertz CT molecular complexity index is 1050. The van der Waals surface area contributed by atoms with Gasteiger partial charge in [0.05, 0.1) is 22.4 Å². The number of thiocarbonyl (C=S) groups is 1. The third-order valence-electron chi connectivity index (χ3n) is 3.72. The first-order chi connectivity index (χ1) is 13.5. The maximum Gasteiger partial charge on any atom is 0.257 e. The zero-order valence-corrected chi connectivity index (χ0v) is 17.2. The molecule has 0 radical (unpaired) electrons. The zero-order valence-electron chi connectivity index (χ0n) is 14.8. The van der Waals surface area contributed by atoms with E-state index in [9.17, 15) is 9.59 Å². The van der Waals surface area contributed by atoms with Crippen LogP contribution in [0.1, 0.15) is 30.1 Å². The van der Waals surface area contributed by atoms with Crippen molar-refractivity contribution in [2.24, 2.45) is 0 Å². The highest BCUT2D eigenvalue weighted by Gasteiger charge is 2.12. The Morgan fingerprint density at radius 3 is 2.68 bits per heavy atom. The Morgan fingerprint density at radius 1 is 1.11 bits per heavy atom. The molecule has 3 aromatic rings. The van der Waals surface area contributed by atoms with Gasteiger partial charge in [0, 0.05) is 17.7 Å². The molecule has 1 aromatic heterocycles. The summed E-state index contributed by atoms with van der Waals surface area (Å²) in [6.45, 7) is 1.93. The van der Waals surface area contributed by atoms with Crippen LogP contribution in [0.5, 0.6) is 0 Å². The first kappa shape index (κ1) is 20.1. The predicted octanol–water partition coefficient (Wildman–Crippen LogP) is 4.21. The molecule has 0 aliphatic heterocycles. The van der Waals surface area contributed by atoms with Gasteiger partial charge in [0.2, 0.25) is 5.91 Å². The number of hydrogen-bond acceptors (Lipinski definition) is 6. The van der Waals surface area contributed by atoms with Gasteiger partial charge < -0.3 is 10.6 Å². The van der Waals surface area contributed by atoms with Crippen molar-refractivity contribution in [3.8, 4) is 0 Å². The number of hydrogen-bond donors (Lipinski definition) is 3. The minimum atomic E-state index is -0.379. The van der Waals surface area contributed by atoms with Gasteiger partial charge in [0.25, 0.3) is 5.91 Å². The number of fused-ring (bicyclic) bond motifs is 1. The molecule has 1 heterocycles. The molecule has 0 aliphatic rings. The third kappa shape index (κ3) is 5.00. The van der Waals surface area contributed by atoms with Crippen molar-refractivity contribution in [3.63, 3.8) is 0 Å². The van der Waals surface area contributed by atoms with E-state index in [-0.39, 0.29) is 16.9 Å². The standard InChI is InChI=1S/C18H16ClN5O2S2/c1-2-3-16(25)20-11-5-6-12(19)14(9-11)21-18(27)22-17(26)10-4-7-13-15(8-10)24-28-23-13/h4-9H,2-3H2,1H3,(H,20,25)(H2,21,22,26,27). The second-order valence-corrected chi connectivity index (χ2v) is 7.21. The average molecular weight is 434 g/mol. The van der Waals surface area contributed by atoms with Gasteiger partial charge in [-0.05, 0) is 55.0 Å². The highest BCUT2D eigenvalue weighted by molar-refractivity contribution is 7.80. The number of benzene rings is 2. The topological polar surface area (TPSA) is 96.0 Å². The van der Waals surface area contributed by atoms with Crippen molar-refractivity contribution in [2.75, 3.05) is 10.6 Å². The summed E-state index contributed by atoms with van der Waals surface area (Å²) < 4.78 is 8.22. The minimum Gasteiger partial charge on any atom is -0.331 e. The van der Waals surface area contributed by atoms with Crippen molar-refractivity contribution in [3.05, 3.63) is 47.0 Å². The van der Waals surface area contributed by atoms with Crippen LogP contribution in [-0.4, -0.2) is 25.7 Å². The van der Waals surface area contributed by atoms with Gasteiger partial charge in [0.1, 0.15) is 11.0 Å². The summed E-state index contributed by atoms with van der Waals surface area (Å²) in [4.78, 5) is 24.2. The SMILES string of the molecule is CCCC(=O)Nc1ccc(Cl)c(NC(=S)NC(=O)c2ccc3nsnc3c2)c1. The van der Waals surface area contributed by atoms with Crippen molar-refractivity contribution >= 4 is 74.9 Å². The lowest BCUT2D eigenvalue weighted by molar-refractivity contribution is -0.116. The van der Waals surface area contributed by atoms with Gasteiger partial charge in [-0.1, -0.05) is 18.5 Å². The van der Waals surface area contributed by atoms with E-state index in [1.54, 1.807) is 36.4 Å². The van der Waals surface area contributed by atoms with Crippen LogP contribution < -0.4 is 16.0 Å². The molecule has 0 unspecified atom stereocenters. The fourth-order valence-corrected chi connectivity index (χ4v) is 3.29. The van der Waals surface area contributed by atoms with Gasteiger partial charge in [-0.25, -0.2) is 0 Å². The number of nitrogens with zero attached hydrogens (tertiary/aromatic N) is 2. The van der Waals surface area contributed by atoms with E-state index < -0.39 is 0 Å². The molecule has 2 aromatic carbocycles. The summed E-state index contributed by atoms with van der Waals surface area (Å²) in [5, 5.41) is 8.75. The Hall–Kier alpha value is -2.62.